The van der Waals surface area contributed by atoms with Crippen molar-refractivity contribution in [3.05, 3.63) is 81.2 Å². The Morgan fingerprint density at radius 1 is 0.878 bits per heavy atom. The highest BCUT2D eigenvalue weighted by molar-refractivity contribution is 7.89. The number of nitrogens with one attached hydrogen (secondary N) is 3. The second-order valence-electron chi connectivity index (χ2n) is 10.5. The first-order chi connectivity index (χ1) is 19.5. The maximum Gasteiger partial charge on any atom is 0.272 e. The molecule has 0 bridgehead atoms. The molecule has 1 aromatic heterocycles. The molecule has 0 fully saturated rings. The van der Waals surface area contributed by atoms with Crippen molar-refractivity contribution in [2.75, 3.05) is 18.4 Å². The fourth-order valence-corrected chi connectivity index (χ4v) is 7.86. The average molecular weight is 596 g/mol. The van der Waals surface area contributed by atoms with Crippen molar-refractivity contribution in [3.63, 3.8) is 0 Å². The molecular weight excluding hydrogens is 562 g/mol. The van der Waals surface area contributed by atoms with Gasteiger partial charge in [0.05, 0.1) is 10.5 Å². The van der Waals surface area contributed by atoms with E-state index >= 15 is 0 Å². The van der Waals surface area contributed by atoms with Gasteiger partial charge in [0.1, 0.15) is 5.00 Å². The number of rotatable bonds is 6. The zero-order valence-corrected chi connectivity index (χ0v) is 24.8. The van der Waals surface area contributed by atoms with Crippen LogP contribution in [-0.2, 0) is 40.7 Å². The van der Waals surface area contributed by atoms with Crippen molar-refractivity contribution in [1.82, 2.24) is 20.1 Å². The van der Waals surface area contributed by atoms with E-state index in [1.807, 2.05) is 24.3 Å². The zero-order chi connectivity index (χ0) is 29.3. The van der Waals surface area contributed by atoms with E-state index in [2.05, 4.69) is 34.9 Å². The Labute approximate surface area is 243 Å². The molecule has 2 aliphatic rings. The number of amides is 3. The number of nitrogens with zero attached hydrogens (tertiary/aromatic N) is 2. The Morgan fingerprint density at radius 2 is 1.59 bits per heavy atom. The topological polar surface area (TPSA) is 128 Å². The van der Waals surface area contributed by atoms with Gasteiger partial charge in [0, 0.05) is 49.6 Å². The van der Waals surface area contributed by atoms with Gasteiger partial charge in [-0.05, 0) is 67.6 Å². The van der Waals surface area contributed by atoms with Crippen LogP contribution in [0.4, 0.5) is 5.00 Å². The largest absolute Gasteiger partial charge is 0.313 e. The molecule has 10 nitrogen and oxygen atoms in total. The highest BCUT2D eigenvalue weighted by Gasteiger charge is 2.31. The zero-order valence-electron chi connectivity index (χ0n) is 23.2. The molecule has 0 spiro atoms. The molecule has 0 atom stereocenters. The SMILES string of the molecule is CC(=O)NNC(=O)c1c(NC(=O)c2ccc(S(=O)(=O)N3CCc4ccccc4C3)cc2)sc2c1CCN(C(C)C)C2. The molecular formula is C29H33N5O5S2. The van der Waals surface area contributed by atoms with Gasteiger partial charge in [-0.3, -0.25) is 30.1 Å². The number of hydrazine groups is 1. The van der Waals surface area contributed by atoms with E-state index in [0.717, 1.165) is 28.1 Å². The third-order valence-corrected chi connectivity index (χ3v) is 10.5. The highest BCUT2D eigenvalue weighted by atomic mass is 32.2. The fourth-order valence-electron chi connectivity index (χ4n) is 5.18. The second kappa shape index (κ2) is 11.7. The van der Waals surface area contributed by atoms with Gasteiger partial charge < -0.3 is 5.32 Å². The minimum Gasteiger partial charge on any atom is -0.313 e. The van der Waals surface area contributed by atoms with Crippen LogP contribution in [0.25, 0.3) is 0 Å². The molecule has 3 heterocycles. The van der Waals surface area contributed by atoms with Crippen molar-refractivity contribution in [2.45, 2.75) is 57.6 Å². The maximum atomic E-state index is 13.3. The van der Waals surface area contributed by atoms with E-state index in [0.29, 0.717) is 49.1 Å². The van der Waals surface area contributed by atoms with E-state index < -0.39 is 27.7 Å². The van der Waals surface area contributed by atoms with Gasteiger partial charge in [0.2, 0.25) is 15.9 Å². The Kier molecular flexibility index (Phi) is 8.28. The average Bonchev–Trinajstić information content (AvgIpc) is 3.32. The van der Waals surface area contributed by atoms with Crippen LogP contribution < -0.4 is 16.2 Å². The molecule has 0 saturated carbocycles. The Balaban J connectivity index is 1.35. The normalized spacial score (nSPS) is 15.6. The molecule has 3 aromatic rings. The van der Waals surface area contributed by atoms with E-state index in [-0.39, 0.29) is 10.5 Å². The van der Waals surface area contributed by atoms with E-state index in [4.69, 9.17) is 0 Å². The predicted octanol–water partition coefficient (Wildman–Crippen LogP) is 3.29. The molecule has 0 aliphatic carbocycles. The number of carbonyl (C=O) groups excluding carboxylic acids is 3. The van der Waals surface area contributed by atoms with Gasteiger partial charge in [-0.15, -0.1) is 11.3 Å². The van der Waals surface area contributed by atoms with Crippen LogP contribution in [0.2, 0.25) is 0 Å². The van der Waals surface area contributed by atoms with Crippen LogP contribution in [0.15, 0.2) is 53.4 Å². The summed E-state index contributed by atoms with van der Waals surface area (Å²) < 4.78 is 28.1. The number of carbonyl (C=O) groups is 3. The number of sulfonamides is 1. The molecule has 3 N–H and O–H groups in total. The van der Waals surface area contributed by atoms with Crippen molar-refractivity contribution in [1.29, 1.82) is 0 Å². The van der Waals surface area contributed by atoms with Crippen LogP contribution in [0.1, 0.15) is 63.1 Å². The van der Waals surface area contributed by atoms with Crippen molar-refractivity contribution in [2.24, 2.45) is 0 Å². The summed E-state index contributed by atoms with van der Waals surface area (Å²) in [6, 6.07) is 14.0. The summed E-state index contributed by atoms with van der Waals surface area (Å²) in [5.41, 5.74) is 8.33. The first-order valence-electron chi connectivity index (χ1n) is 13.5. The highest BCUT2D eigenvalue weighted by Crippen LogP contribution is 2.38. The standard InChI is InChI=1S/C29H33N5O5S2/c1-18(2)33-14-13-24-25(17-33)40-29(26(24)28(37)32-31-19(3)35)30-27(36)21-8-10-23(11-9-21)41(38,39)34-15-12-20-6-4-5-7-22(20)16-34/h4-11,18H,12-17H2,1-3H3,(H,30,36)(H,31,35)(H,32,37). The molecule has 12 heteroatoms. The summed E-state index contributed by atoms with van der Waals surface area (Å²) in [6.45, 7) is 7.64. The summed E-state index contributed by atoms with van der Waals surface area (Å²) >= 11 is 1.34. The summed E-state index contributed by atoms with van der Waals surface area (Å²) in [7, 11) is -3.74. The first kappa shape index (κ1) is 28.9. The number of benzene rings is 2. The van der Waals surface area contributed by atoms with Gasteiger partial charge in [0.15, 0.2) is 0 Å². The van der Waals surface area contributed by atoms with Crippen molar-refractivity contribution in [3.8, 4) is 0 Å². The first-order valence-corrected chi connectivity index (χ1v) is 15.7. The summed E-state index contributed by atoms with van der Waals surface area (Å²) in [6.07, 6.45) is 1.28. The van der Waals surface area contributed by atoms with E-state index in [1.54, 1.807) is 0 Å². The molecule has 41 heavy (non-hydrogen) atoms. The van der Waals surface area contributed by atoms with Gasteiger partial charge >= 0.3 is 0 Å². The number of anilines is 1. The third-order valence-electron chi connectivity index (χ3n) is 7.47. The minimum atomic E-state index is -3.74. The lowest BCUT2D eigenvalue weighted by Crippen LogP contribution is -2.41. The molecule has 0 saturated heterocycles. The van der Waals surface area contributed by atoms with Crippen molar-refractivity contribution >= 4 is 44.1 Å². The fraction of sp³-hybridized carbons (Fsp3) is 0.345. The smallest absolute Gasteiger partial charge is 0.272 e. The molecule has 2 aliphatic heterocycles. The van der Waals surface area contributed by atoms with Crippen LogP contribution in [0, 0.1) is 0 Å². The van der Waals surface area contributed by atoms with E-state index in [9.17, 15) is 22.8 Å². The summed E-state index contributed by atoms with van der Waals surface area (Å²) in [5, 5.41) is 3.24. The molecule has 216 valence electrons. The second-order valence-corrected chi connectivity index (χ2v) is 13.5. The quantitative estimate of drug-likeness (QED) is 0.376. The third kappa shape index (κ3) is 6.05. The molecule has 2 aromatic carbocycles. The lowest BCUT2D eigenvalue weighted by atomic mass is 10.0. The predicted molar refractivity (Wildman–Crippen MR) is 157 cm³/mol. The monoisotopic (exact) mass is 595 g/mol. The number of fused-ring (bicyclic) bond motifs is 2. The molecule has 3 amide bonds. The molecule has 0 unspecified atom stereocenters. The summed E-state index contributed by atoms with van der Waals surface area (Å²) in [5.74, 6) is -1.38. The lowest BCUT2D eigenvalue weighted by Gasteiger charge is -2.30. The van der Waals surface area contributed by atoms with Gasteiger partial charge in [0.25, 0.3) is 11.8 Å². The number of thiophene rings is 1. The summed E-state index contributed by atoms with van der Waals surface area (Å²) in [4.78, 5) is 41.1. The molecule has 0 radical (unpaired) electrons. The van der Waals surface area contributed by atoms with Crippen LogP contribution in [-0.4, -0.2) is 54.5 Å². The number of hydrogen-bond acceptors (Lipinski definition) is 7. The van der Waals surface area contributed by atoms with Gasteiger partial charge in [-0.25, -0.2) is 8.42 Å². The lowest BCUT2D eigenvalue weighted by molar-refractivity contribution is -0.119. The maximum absolute atomic E-state index is 13.3. The van der Waals surface area contributed by atoms with Crippen LogP contribution >= 0.6 is 11.3 Å². The minimum absolute atomic E-state index is 0.115. The Morgan fingerprint density at radius 3 is 2.27 bits per heavy atom. The van der Waals surface area contributed by atoms with Gasteiger partial charge in [-0.1, -0.05) is 24.3 Å². The molecule has 5 rings (SSSR count). The van der Waals surface area contributed by atoms with Gasteiger partial charge in [-0.2, -0.15) is 4.31 Å². The number of hydrogen-bond donors (Lipinski definition) is 3. The van der Waals surface area contributed by atoms with E-state index in [1.165, 1.54) is 46.8 Å². The Bertz CT molecular complexity index is 1600. The Hall–Kier alpha value is -3.58. The van der Waals surface area contributed by atoms with Crippen LogP contribution in [0.3, 0.4) is 0 Å². The van der Waals surface area contributed by atoms with Crippen molar-refractivity contribution < 1.29 is 22.8 Å². The van der Waals surface area contributed by atoms with Crippen LogP contribution in [0.5, 0.6) is 0 Å².